The van der Waals surface area contributed by atoms with Crippen LogP contribution in [0, 0.1) is 5.41 Å². The predicted molar refractivity (Wildman–Crippen MR) is 100 cm³/mol. The lowest BCUT2D eigenvalue weighted by molar-refractivity contribution is -0.0404. The van der Waals surface area contributed by atoms with Gasteiger partial charge in [-0.15, -0.1) is 11.8 Å². The Bertz CT molecular complexity index is 537. The molecule has 0 aromatic heterocycles. The van der Waals surface area contributed by atoms with Gasteiger partial charge in [-0.2, -0.15) is 0 Å². The first-order valence-electron chi connectivity index (χ1n) is 8.87. The second-order valence-corrected chi connectivity index (χ2v) is 7.60. The van der Waals surface area contributed by atoms with Crippen LogP contribution in [0.15, 0.2) is 29.2 Å². The highest BCUT2D eigenvalue weighted by atomic mass is 32.2. The molecule has 1 heterocycles. The molecule has 1 aromatic rings. The third-order valence-electron chi connectivity index (χ3n) is 3.92. The zero-order chi connectivity index (χ0) is 18.7. The van der Waals surface area contributed by atoms with E-state index in [0.717, 1.165) is 11.3 Å². The van der Waals surface area contributed by atoms with Crippen LogP contribution in [0.4, 0.5) is 0 Å². The van der Waals surface area contributed by atoms with E-state index in [-0.39, 0.29) is 5.41 Å². The molecule has 146 valence electrons. The van der Waals surface area contributed by atoms with Crippen LogP contribution in [-0.4, -0.2) is 69.7 Å². The van der Waals surface area contributed by atoms with Crippen molar-refractivity contribution in [2.24, 2.45) is 5.41 Å². The van der Waals surface area contributed by atoms with Gasteiger partial charge in [0.25, 0.3) is 0 Å². The summed E-state index contributed by atoms with van der Waals surface area (Å²) in [5, 5.41) is 9.33. The molecule has 1 aliphatic rings. The monoisotopic (exact) mass is 384 g/mol. The predicted octanol–water partition coefficient (Wildman–Crippen LogP) is 2.95. The van der Waals surface area contributed by atoms with Gasteiger partial charge in [0.15, 0.2) is 0 Å². The van der Waals surface area contributed by atoms with E-state index in [9.17, 15) is 9.90 Å². The maximum absolute atomic E-state index is 11.4. The highest BCUT2D eigenvalue weighted by Gasteiger charge is 2.26. The molecule has 1 fully saturated rings. The molecule has 1 aliphatic heterocycles. The van der Waals surface area contributed by atoms with E-state index in [1.807, 2.05) is 12.1 Å². The Kier molecular flexibility index (Phi) is 9.42. The molecule has 2 rings (SSSR count). The Morgan fingerprint density at radius 1 is 1.00 bits per heavy atom. The Morgan fingerprint density at radius 3 is 2.19 bits per heavy atom. The van der Waals surface area contributed by atoms with Gasteiger partial charge in [-0.3, -0.25) is 0 Å². The molecule has 0 atom stereocenters. The normalized spacial score (nSPS) is 20.2. The van der Waals surface area contributed by atoms with Gasteiger partial charge in [0.1, 0.15) is 0 Å². The Morgan fingerprint density at radius 2 is 1.58 bits per heavy atom. The van der Waals surface area contributed by atoms with Gasteiger partial charge >= 0.3 is 5.97 Å². The van der Waals surface area contributed by atoms with Crippen molar-refractivity contribution in [1.29, 1.82) is 0 Å². The largest absolute Gasteiger partial charge is 0.478 e. The molecule has 1 N–H and O–H groups in total. The van der Waals surface area contributed by atoms with E-state index < -0.39 is 5.97 Å². The van der Waals surface area contributed by atoms with E-state index in [1.54, 1.807) is 12.1 Å². The van der Waals surface area contributed by atoms with Gasteiger partial charge in [-0.25, -0.2) is 4.79 Å². The number of carboxylic acids is 1. The summed E-state index contributed by atoms with van der Waals surface area (Å²) < 4.78 is 22.6. The Balaban J connectivity index is 1.94. The molecule has 1 saturated heterocycles. The fraction of sp³-hybridized carbons (Fsp3) is 0.632. The van der Waals surface area contributed by atoms with Crippen LogP contribution in [-0.2, 0) is 18.9 Å². The SMILES string of the molecule is CC1(CSc2ccccc2C(=O)O)COCCOCCCOCCOC1. The highest BCUT2D eigenvalue weighted by Crippen LogP contribution is 2.31. The van der Waals surface area contributed by atoms with Gasteiger partial charge in [0.2, 0.25) is 0 Å². The van der Waals surface area contributed by atoms with Crippen molar-refractivity contribution in [3.8, 4) is 0 Å². The molecular formula is C19H28O6S. The molecule has 0 spiro atoms. The minimum atomic E-state index is -0.911. The molecule has 0 unspecified atom stereocenters. The Labute approximate surface area is 159 Å². The summed E-state index contributed by atoms with van der Waals surface area (Å²) in [7, 11) is 0. The molecule has 1 aromatic carbocycles. The number of hydrogen-bond acceptors (Lipinski definition) is 6. The van der Waals surface area contributed by atoms with Crippen LogP contribution >= 0.6 is 11.8 Å². The molecule has 0 amide bonds. The third kappa shape index (κ3) is 7.63. The average molecular weight is 384 g/mol. The molecule has 0 radical (unpaired) electrons. The lowest BCUT2D eigenvalue weighted by atomic mass is 9.96. The van der Waals surface area contributed by atoms with Crippen LogP contribution in [0.2, 0.25) is 0 Å². The minimum absolute atomic E-state index is 0.236. The standard InChI is InChI=1S/C19H28O6S/c1-19(15-26-17-6-3-2-5-16(17)18(20)21)13-24-11-9-22-7-4-8-23-10-12-25-14-19/h2-3,5-6H,4,7-15H2,1H3,(H,20,21). The van der Waals surface area contributed by atoms with Crippen molar-refractivity contribution in [1.82, 2.24) is 0 Å². The van der Waals surface area contributed by atoms with Gasteiger partial charge in [0, 0.05) is 29.3 Å². The fourth-order valence-electron chi connectivity index (χ4n) is 2.49. The first kappa shape index (κ1) is 21.2. The van der Waals surface area contributed by atoms with Crippen molar-refractivity contribution in [3.05, 3.63) is 29.8 Å². The second kappa shape index (κ2) is 11.6. The van der Waals surface area contributed by atoms with Gasteiger partial charge < -0.3 is 24.1 Å². The van der Waals surface area contributed by atoms with Crippen LogP contribution in [0.1, 0.15) is 23.7 Å². The third-order valence-corrected chi connectivity index (χ3v) is 5.42. The maximum atomic E-state index is 11.4. The zero-order valence-corrected chi connectivity index (χ0v) is 16.1. The molecule has 0 aliphatic carbocycles. The summed E-state index contributed by atoms with van der Waals surface area (Å²) in [6.07, 6.45) is 0.872. The molecule has 6 nitrogen and oxygen atoms in total. The number of ether oxygens (including phenoxy) is 4. The zero-order valence-electron chi connectivity index (χ0n) is 15.3. The van der Waals surface area contributed by atoms with Crippen LogP contribution in [0.5, 0.6) is 0 Å². The number of carbonyl (C=O) groups is 1. The number of benzene rings is 1. The van der Waals surface area contributed by atoms with Crippen LogP contribution in [0.25, 0.3) is 0 Å². The Hall–Kier alpha value is -1.12. The van der Waals surface area contributed by atoms with Gasteiger partial charge in [0.05, 0.1) is 45.2 Å². The first-order valence-corrected chi connectivity index (χ1v) is 9.85. The quantitative estimate of drug-likeness (QED) is 0.800. The van der Waals surface area contributed by atoms with Crippen molar-refractivity contribution >= 4 is 17.7 Å². The van der Waals surface area contributed by atoms with Crippen LogP contribution in [0.3, 0.4) is 0 Å². The number of rotatable bonds is 4. The van der Waals surface area contributed by atoms with Crippen molar-refractivity contribution < 1.29 is 28.8 Å². The van der Waals surface area contributed by atoms with Crippen LogP contribution < -0.4 is 0 Å². The second-order valence-electron chi connectivity index (χ2n) is 6.58. The lowest BCUT2D eigenvalue weighted by Gasteiger charge is -2.29. The summed E-state index contributed by atoms with van der Waals surface area (Å²) in [5.74, 6) is -0.218. The van der Waals surface area contributed by atoms with E-state index in [0.29, 0.717) is 64.2 Å². The minimum Gasteiger partial charge on any atom is -0.478 e. The number of thioether (sulfide) groups is 1. The van der Waals surface area contributed by atoms with E-state index in [1.165, 1.54) is 11.8 Å². The summed E-state index contributed by atoms with van der Waals surface area (Å²) >= 11 is 1.52. The van der Waals surface area contributed by atoms with Crippen molar-refractivity contribution in [2.45, 2.75) is 18.2 Å². The molecule has 0 bridgehead atoms. The molecular weight excluding hydrogens is 356 g/mol. The summed E-state index contributed by atoms with van der Waals surface area (Å²) in [6.45, 7) is 6.68. The van der Waals surface area contributed by atoms with Gasteiger partial charge in [-0.1, -0.05) is 19.1 Å². The van der Waals surface area contributed by atoms with Crippen molar-refractivity contribution in [3.63, 3.8) is 0 Å². The van der Waals surface area contributed by atoms with Crippen molar-refractivity contribution in [2.75, 3.05) is 58.6 Å². The summed E-state index contributed by atoms with van der Waals surface area (Å²) in [6, 6.07) is 7.06. The average Bonchev–Trinajstić information content (AvgIpc) is 2.64. The molecule has 7 heteroatoms. The smallest absolute Gasteiger partial charge is 0.336 e. The fourth-order valence-corrected chi connectivity index (χ4v) is 3.64. The topological polar surface area (TPSA) is 74.2 Å². The maximum Gasteiger partial charge on any atom is 0.336 e. The summed E-state index contributed by atoms with van der Waals surface area (Å²) in [4.78, 5) is 12.1. The molecule has 26 heavy (non-hydrogen) atoms. The highest BCUT2D eigenvalue weighted by molar-refractivity contribution is 7.99. The van der Waals surface area contributed by atoms with E-state index in [4.69, 9.17) is 18.9 Å². The summed E-state index contributed by atoms with van der Waals surface area (Å²) in [5.41, 5.74) is 0.0889. The number of hydrogen-bond donors (Lipinski definition) is 1. The first-order chi connectivity index (χ1) is 12.6. The number of aromatic carboxylic acids is 1. The van der Waals surface area contributed by atoms with Gasteiger partial charge in [-0.05, 0) is 18.6 Å². The molecule has 0 saturated carbocycles. The number of carboxylic acid groups (broad SMARTS) is 1. The lowest BCUT2D eigenvalue weighted by Crippen LogP contribution is -2.33. The van der Waals surface area contributed by atoms with E-state index >= 15 is 0 Å². The van der Waals surface area contributed by atoms with E-state index in [2.05, 4.69) is 6.92 Å².